The molecule has 1 N–H and O–H groups in total. The van der Waals surface area contributed by atoms with Crippen molar-refractivity contribution in [3.63, 3.8) is 0 Å². The lowest BCUT2D eigenvalue weighted by atomic mass is 9.73. The van der Waals surface area contributed by atoms with Gasteiger partial charge in [0, 0.05) is 18.5 Å². The van der Waals surface area contributed by atoms with Crippen LogP contribution in [0.2, 0.25) is 0 Å². The van der Waals surface area contributed by atoms with Gasteiger partial charge in [0.1, 0.15) is 5.60 Å². The van der Waals surface area contributed by atoms with Gasteiger partial charge in [0.2, 0.25) is 15.9 Å². The molecule has 0 radical (unpaired) electrons. The van der Waals surface area contributed by atoms with E-state index in [9.17, 15) is 18.0 Å². The van der Waals surface area contributed by atoms with E-state index in [0.29, 0.717) is 32.4 Å². The Bertz CT molecular complexity index is 880. The molecule has 1 heterocycles. The summed E-state index contributed by atoms with van der Waals surface area (Å²) < 4.78 is 30.6. The van der Waals surface area contributed by atoms with Crippen LogP contribution in [0, 0.1) is 0 Å². The molecular formula is C20H28N2O5S. The van der Waals surface area contributed by atoms with Gasteiger partial charge >= 0.3 is 6.09 Å². The van der Waals surface area contributed by atoms with E-state index < -0.39 is 27.4 Å². The second kappa shape index (κ2) is 7.06. The molecule has 0 saturated carbocycles. The molecule has 1 unspecified atom stereocenters. The summed E-state index contributed by atoms with van der Waals surface area (Å²) in [7, 11) is -3.61. The van der Waals surface area contributed by atoms with E-state index in [4.69, 9.17) is 4.74 Å². The number of nitrogens with one attached hydrogen (secondary N) is 1. The van der Waals surface area contributed by atoms with Crippen LogP contribution in [0.1, 0.15) is 57.1 Å². The van der Waals surface area contributed by atoms with E-state index in [0.717, 1.165) is 17.4 Å². The minimum Gasteiger partial charge on any atom is -0.444 e. The second-order valence-corrected chi connectivity index (χ2v) is 10.6. The molecule has 1 spiro atoms. The molecule has 1 aliphatic carbocycles. The van der Waals surface area contributed by atoms with Crippen molar-refractivity contribution in [1.29, 1.82) is 0 Å². The topological polar surface area (TPSA) is 92.8 Å². The summed E-state index contributed by atoms with van der Waals surface area (Å²) in [4.78, 5) is 26.7. The number of fused-ring (bicyclic) bond motifs is 2. The van der Waals surface area contributed by atoms with Gasteiger partial charge in [-0.15, -0.1) is 0 Å². The Morgan fingerprint density at radius 2 is 1.79 bits per heavy atom. The molecule has 1 aromatic rings. The highest BCUT2D eigenvalue weighted by Crippen LogP contribution is 2.51. The zero-order chi connectivity index (χ0) is 20.7. The van der Waals surface area contributed by atoms with Crippen molar-refractivity contribution in [2.45, 2.75) is 57.0 Å². The van der Waals surface area contributed by atoms with Crippen molar-refractivity contribution < 1.29 is 22.7 Å². The molecule has 1 saturated heterocycles. The summed E-state index contributed by atoms with van der Waals surface area (Å²) in [6, 6.07) is 7.73. The zero-order valence-electron chi connectivity index (χ0n) is 16.8. The molecule has 0 bridgehead atoms. The molecule has 2 amide bonds. The van der Waals surface area contributed by atoms with E-state index in [1.165, 1.54) is 0 Å². The fourth-order valence-corrected chi connectivity index (χ4v) is 4.81. The van der Waals surface area contributed by atoms with Gasteiger partial charge < -0.3 is 9.64 Å². The van der Waals surface area contributed by atoms with Gasteiger partial charge in [-0.1, -0.05) is 24.3 Å². The second-order valence-electron chi connectivity index (χ2n) is 8.83. The Balaban J connectivity index is 1.79. The molecule has 1 aliphatic heterocycles. The van der Waals surface area contributed by atoms with Crippen LogP contribution in [0.15, 0.2) is 24.3 Å². The van der Waals surface area contributed by atoms with Gasteiger partial charge in [0.15, 0.2) is 0 Å². The molecule has 1 atom stereocenters. The Labute approximate surface area is 166 Å². The van der Waals surface area contributed by atoms with Crippen LogP contribution >= 0.6 is 0 Å². The van der Waals surface area contributed by atoms with E-state index in [-0.39, 0.29) is 11.5 Å². The number of hydrogen-bond acceptors (Lipinski definition) is 5. The first-order valence-corrected chi connectivity index (χ1v) is 11.4. The lowest BCUT2D eigenvalue weighted by molar-refractivity contribution is -0.121. The Kier molecular flexibility index (Phi) is 5.20. The number of ether oxygens (including phenoxy) is 1. The lowest BCUT2D eigenvalue weighted by Gasteiger charge is -2.40. The van der Waals surface area contributed by atoms with Gasteiger partial charge in [0.25, 0.3) is 0 Å². The van der Waals surface area contributed by atoms with Gasteiger partial charge in [-0.25, -0.2) is 13.2 Å². The number of amides is 2. The van der Waals surface area contributed by atoms with Crippen molar-refractivity contribution in [3.8, 4) is 0 Å². The quantitative estimate of drug-likeness (QED) is 0.812. The maximum absolute atomic E-state index is 12.6. The van der Waals surface area contributed by atoms with Crippen LogP contribution in [0.3, 0.4) is 0 Å². The Morgan fingerprint density at radius 1 is 1.18 bits per heavy atom. The summed E-state index contributed by atoms with van der Waals surface area (Å²) in [6.45, 7) is 6.62. The van der Waals surface area contributed by atoms with Crippen LogP contribution < -0.4 is 4.72 Å². The molecule has 2 aliphatic rings. The number of sulfonamides is 1. The number of nitrogens with zero attached hydrogens (tertiary/aromatic N) is 1. The molecule has 28 heavy (non-hydrogen) atoms. The van der Waals surface area contributed by atoms with Crippen molar-refractivity contribution in [2.75, 3.05) is 19.3 Å². The average Bonchev–Trinajstić information content (AvgIpc) is 2.87. The first kappa shape index (κ1) is 20.6. The highest BCUT2D eigenvalue weighted by molar-refractivity contribution is 7.89. The van der Waals surface area contributed by atoms with E-state index in [1.54, 1.807) is 4.90 Å². The van der Waals surface area contributed by atoms with Gasteiger partial charge in [-0.05, 0) is 51.2 Å². The van der Waals surface area contributed by atoms with Crippen LogP contribution in [0.25, 0.3) is 0 Å². The van der Waals surface area contributed by atoms with Gasteiger partial charge in [-0.3, -0.25) is 9.52 Å². The molecule has 0 aromatic heterocycles. The minimum absolute atomic E-state index is 0.228. The molecule has 1 aromatic carbocycles. The van der Waals surface area contributed by atoms with Crippen molar-refractivity contribution in [3.05, 3.63) is 35.4 Å². The third-order valence-electron chi connectivity index (χ3n) is 5.48. The van der Waals surface area contributed by atoms with Crippen molar-refractivity contribution in [1.82, 2.24) is 9.62 Å². The number of hydrogen-bond donors (Lipinski definition) is 1. The third kappa shape index (κ3) is 4.32. The first-order valence-electron chi connectivity index (χ1n) is 9.49. The summed E-state index contributed by atoms with van der Waals surface area (Å²) in [5.41, 5.74) is 1.21. The number of carbonyl (C=O) groups is 2. The van der Waals surface area contributed by atoms with Crippen LogP contribution in [-0.4, -0.2) is 50.3 Å². The fourth-order valence-electron chi connectivity index (χ4n) is 4.30. The molecule has 7 nitrogen and oxygen atoms in total. The van der Waals surface area contributed by atoms with Crippen molar-refractivity contribution >= 4 is 22.0 Å². The zero-order valence-corrected chi connectivity index (χ0v) is 17.6. The minimum atomic E-state index is -3.61. The maximum Gasteiger partial charge on any atom is 0.410 e. The smallest absolute Gasteiger partial charge is 0.410 e. The van der Waals surface area contributed by atoms with E-state index in [2.05, 4.69) is 4.72 Å². The largest absolute Gasteiger partial charge is 0.444 e. The monoisotopic (exact) mass is 408 g/mol. The number of benzene rings is 1. The maximum atomic E-state index is 12.6. The Hall–Kier alpha value is -2.09. The summed E-state index contributed by atoms with van der Waals surface area (Å²) >= 11 is 0. The predicted molar refractivity (Wildman–Crippen MR) is 106 cm³/mol. The third-order valence-corrected chi connectivity index (χ3v) is 6.05. The molecule has 3 rings (SSSR count). The molecule has 1 fully saturated rings. The average molecular weight is 409 g/mol. The van der Waals surface area contributed by atoms with Crippen LogP contribution in [0.4, 0.5) is 4.79 Å². The number of likely N-dealkylation sites (tertiary alicyclic amines) is 1. The number of rotatable bonds is 2. The lowest BCUT2D eigenvalue weighted by Crippen LogP contribution is -2.46. The predicted octanol–water partition coefficient (Wildman–Crippen LogP) is 2.52. The first-order chi connectivity index (χ1) is 12.9. The summed E-state index contributed by atoms with van der Waals surface area (Å²) in [6.07, 6.45) is 2.65. The van der Waals surface area contributed by atoms with Crippen molar-refractivity contribution in [2.24, 2.45) is 0 Å². The van der Waals surface area contributed by atoms with Gasteiger partial charge in [-0.2, -0.15) is 0 Å². The van der Waals surface area contributed by atoms with E-state index >= 15 is 0 Å². The fraction of sp³-hybridized carbons (Fsp3) is 0.600. The molecule has 154 valence electrons. The molecular weight excluding hydrogens is 380 g/mol. The highest BCUT2D eigenvalue weighted by Gasteiger charge is 2.48. The highest BCUT2D eigenvalue weighted by atomic mass is 32.2. The van der Waals surface area contributed by atoms with E-state index in [1.807, 2.05) is 45.0 Å². The molecule has 8 heteroatoms. The van der Waals surface area contributed by atoms with Crippen LogP contribution in [0.5, 0.6) is 0 Å². The standard InChI is InChI=1S/C20H28N2O5S/c1-19(2,3)27-18(24)22-11-9-20(10-12-22)13-15(17(23)21-28(4,25)26)14-7-5-6-8-16(14)20/h5-8,15H,9-13H2,1-4H3,(H,21,23). The van der Waals surface area contributed by atoms with Crippen LogP contribution in [-0.2, 0) is 25.0 Å². The summed E-state index contributed by atoms with van der Waals surface area (Å²) in [5.74, 6) is -0.986. The van der Waals surface area contributed by atoms with Gasteiger partial charge in [0.05, 0.1) is 12.2 Å². The SMILES string of the molecule is CC(C)(C)OC(=O)N1CCC2(CC1)CC(C(=O)NS(C)(=O)=O)c1ccccc12. The summed E-state index contributed by atoms with van der Waals surface area (Å²) in [5, 5.41) is 0. The Morgan fingerprint density at radius 3 is 2.36 bits per heavy atom. The normalized spacial score (nSPS) is 21.3. The number of carbonyl (C=O) groups excluding carboxylic acids is 2. The number of piperidine rings is 1.